The van der Waals surface area contributed by atoms with Crippen LogP contribution >= 0.6 is 0 Å². The molecule has 0 fully saturated rings. The van der Waals surface area contributed by atoms with Gasteiger partial charge in [-0.2, -0.15) is 0 Å². The topological polar surface area (TPSA) is 37.3 Å². The van der Waals surface area contributed by atoms with E-state index in [-0.39, 0.29) is 11.8 Å². The van der Waals surface area contributed by atoms with Crippen molar-refractivity contribution >= 4 is 14.0 Å². The molecule has 74 valence electrons. The average molecular weight is 198 g/mol. The summed E-state index contributed by atoms with van der Waals surface area (Å²) in [6.45, 7) is 10.0. The summed E-state index contributed by atoms with van der Waals surface area (Å²) in [6, 6.07) is 0. The first-order valence-electron chi connectivity index (χ1n) is 4.49. The van der Waals surface area contributed by atoms with Gasteiger partial charge < -0.3 is 5.11 Å². The summed E-state index contributed by atoms with van der Waals surface area (Å²) >= 11 is 0. The van der Waals surface area contributed by atoms with Crippen molar-refractivity contribution in [2.24, 2.45) is 11.8 Å². The minimum absolute atomic E-state index is 0.0516. The van der Waals surface area contributed by atoms with Crippen LogP contribution in [0.3, 0.4) is 0 Å². The monoisotopic (exact) mass is 198 g/mol. The predicted octanol–water partition coefficient (Wildman–Crippen LogP) is 2.22. The lowest BCUT2D eigenvalue weighted by atomic mass is 9.97. The van der Waals surface area contributed by atoms with E-state index < -0.39 is 14.0 Å². The van der Waals surface area contributed by atoms with Gasteiger partial charge in [0, 0.05) is 5.92 Å². The van der Waals surface area contributed by atoms with Gasteiger partial charge in [0.05, 0.1) is 5.92 Å². The van der Waals surface area contributed by atoms with Crippen molar-refractivity contribution in [1.29, 1.82) is 0 Å². The molecule has 0 saturated heterocycles. The second kappa shape index (κ2) is 4.47. The molecule has 0 aliphatic heterocycles. The highest BCUT2D eigenvalue weighted by Gasteiger charge is 2.17. The zero-order valence-corrected chi connectivity index (χ0v) is 10.0. The SMILES string of the molecule is C[C@H](C#C[Si](C)(C)C)[C@@H](C)C(=O)O. The van der Waals surface area contributed by atoms with Gasteiger partial charge >= 0.3 is 5.97 Å². The smallest absolute Gasteiger partial charge is 0.307 e. The fraction of sp³-hybridized carbons (Fsp3) is 0.700. The summed E-state index contributed by atoms with van der Waals surface area (Å²) in [7, 11) is -1.35. The Kier molecular flexibility index (Phi) is 4.21. The number of carbonyl (C=O) groups is 1. The minimum Gasteiger partial charge on any atom is -0.481 e. The summed E-state index contributed by atoms with van der Waals surface area (Å²) in [4.78, 5) is 10.6. The van der Waals surface area contributed by atoms with Crippen LogP contribution in [0.25, 0.3) is 0 Å². The zero-order chi connectivity index (χ0) is 10.6. The maximum Gasteiger partial charge on any atom is 0.307 e. The summed E-state index contributed by atoms with van der Waals surface area (Å²) < 4.78 is 0. The Hall–Kier alpha value is -0.753. The van der Waals surface area contributed by atoms with E-state index in [9.17, 15) is 4.79 Å². The highest BCUT2D eigenvalue weighted by molar-refractivity contribution is 6.83. The molecule has 0 aliphatic carbocycles. The third-order valence-electron chi connectivity index (χ3n) is 1.81. The lowest BCUT2D eigenvalue weighted by molar-refractivity contribution is -0.142. The fourth-order valence-corrected chi connectivity index (χ4v) is 1.33. The largest absolute Gasteiger partial charge is 0.481 e. The maximum absolute atomic E-state index is 10.6. The van der Waals surface area contributed by atoms with Crippen LogP contribution in [-0.4, -0.2) is 19.1 Å². The van der Waals surface area contributed by atoms with E-state index in [0.29, 0.717) is 0 Å². The molecule has 0 radical (unpaired) electrons. The Bertz CT molecular complexity index is 242. The molecular weight excluding hydrogens is 180 g/mol. The van der Waals surface area contributed by atoms with Gasteiger partial charge in [-0.05, 0) is 0 Å². The van der Waals surface area contributed by atoms with Crippen LogP contribution in [0.2, 0.25) is 19.6 Å². The van der Waals surface area contributed by atoms with E-state index >= 15 is 0 Å². The minimum atomic E-state index is -1.35. The first-order chi connectivity index (χ1) is 5.74. The summed E-state index contributed by atoms with van der Waals surface area (Å²) in [5.41, 5.74) is 3.18. The summed E-state index contributed by atoms with van der Waals surface area (Å²) in [6.07, 6.45) is 0. The van der Waals surface area contributed by atoms with Crippen molar-refractivity contribution in [3.8, 4) is 11.5 Å². The lowest BCUT2D eigenvalue weighted by Crippen LogP contribution is -2.20. The average Bonchev–Trinajstić information content (AvgIpc) is 1.97. The molecule has 0 aromatic rings. The highest BCUT2D eigenvalue weighted by Crippen LogP contribution is 2.10. The van der Waals surface area contributed by atoms with Crippen molar-refractivity contribution in [3.05, 3.63) is 0 Å². The van der Waals surface area contributed by atoms with E-state index in [1.165, 1.54) is 0 Å². The van der Waals surface area contributed by atoms with E-state index in [4.69, 9.17) is 5.11 Å². The molecule has 0 spiro atoms. The van der Waals surface area contributed by atoms with Gasteiger partial charge in [0.1, 0.15) is 8.07 Å². The van der Waals surface area contributed by atoms with E-state index in [0.717, 1.165) is 0 Å². The van der Waals surface area contributed by atoms with Crippen LogP contribution in [-0.2, 0) is 4.79 Å². The van der Waals surface area contributed by atoms with Crippen LogP contribution in [0, 0.1) is 23.3 Å². The molecule has 2 nitrogen and oxygen atoms in total. The second-order valence-electron chi connectivity index (χ2n) is 4.43. The van der Waals surface area contributed by atoms with E-state index in [1.807, 2.05) is 6.92 Å². The van der Waals surface area contributed by atoms with Crippen molar-refractivity contribution in [3.63, 3.8) is 0 Å². The van der Waals surface area contributed by atoms with Gasteiger partial charge in [0.15, 0.2) is 0 Å². The first kappa shape index (κ1) is 12.2. The number of hydrogen-bond donors (Lipinski definition) is 1. The highest BCUT2D eigenvalue weighted by atomic mass is 28.3. The summed E-state index contributed by atoms with van der Waals surface area (Å²) in [5.74, 6) is 1.85. The van der Waals surface area contributed by atoms with Crippen molar-refractivity contribution in [1.82, 2.24) is 0 Å². The number of carboxylic acid groups (broad SMARTS) is 1. The second-order valence-corrected chi connectivity index (χ2v) is 9.18. The standard InChI is InChI=1S/C10H18O2Si/c1-8(9(2)10(11)12)6-7-13(3,4)5/h8-9H,1-5H3,(H,11,12)/t8-,9-/m1/s1. The van der Waals surface area contributed by atoms with Crippen LogP contribution in [0.1, 0.15) is 13.8 Å². The van der Waals surface area contributed by atoms with Gasteiger partial charge in [0.2, 0.25) is 0 Å². The molecule has 0 unspecified atom stereocenters. The number of carboxylic acids is 1. The molecule has 0 bridgehead atoms. The normalized spacial score (nSPS) is 15.5. The Balaban J connectivity index is 4.36. The molecule has 3 heteroatoms. The maximum atomic E-state index is 10.6. The molecule has 0 rings (SSSR count). The van der Waals surface area contributed by atoms with Gasteiger partial charge in [0.25, 0.3) is 0 Å². The third kappa shape index (κ3) is 5.48. The van der Waals surface area contributed by atoms with Crippen molar-refractivity contribution in [2.45, 2.75) is 33.5 Å². The zero-order valence-electron chi connectivity index (χ0n) is 9.01. The molecule has 0 aromatic heterocycles. The van der Waals surface area contributed by atoms with E-state index in [1.54, 1.807) is 6.92 Å². The van der Waals surface area contributed by atoms with E-state index in [2.05, 4.69) is 31.1 Å². The van der Waals surface area contributed by atoms with Gasteiger partial charge in [-0.15, -0.1) is 11.5 Å². The molecule has 2 atom stereocenters. The first-order valence-corrected chi connectivity index (χ1v) is 7.99. The van der Waals surface area contributed by atoms with Crippen LogP contribution in [0.5, 0.6) is 0 Å². The van der Waals surface area contributed by atoms with Crippen LogP contribution in [0.4, 0.5) is 0 Å². The molecule has 13 heavy (non-hydrogen) atoms. The number of hydrogen-bond acceptors (Lipinski definition) is 1. The summed E-state index contributed by atoms with van der Waals surface area (Å²) in [5, 5.41) is 8.73. The predicted molar refractivity (Wildman–Crippen MR) is 57.1 cm³/mol. The van der Waals surface area contributed by atoms with Crippen molar-refractivity contribution in [2.75, 3.05) is 0 Å². The van der Waals surface area contributed by atoms with Crippen LogP contribution in [0.15, 0.2) is 0 Å². The Labute approximate surface area is 81.4 Å². The van der Waals surface area contributed by atoms with Gasteiger partial charge in [-0.3, -0.25) is 4.79 Å². The van der Waals surface area contributed by atoms with Crippen LogP contribution < -0.4 is 0 Å². The Morgan fingerprint density at radius 3 is 2.08 bits per heavy atom. The number of rotatable bonds is 2. The van der Waals surface area contributed by atoms with Crippen molar-refractivity contribution < 1.29 is 9.90 Å². The molecule has 0 amide bonds. The molecule has 0 saturated carbocycles. The molecule has 1 N–H and O–H groups in total. The third-order valence-corrected chi connectivity index (χ3v) is 2.71. The van der Waals surface area contributed by atoms with Gasteiger partial charge in [-0.25, -0.2) is 0 Å². The molecule has 0 aliphatic rings. The molecular formula is C10H18O2Si. The number of aliphatic carboxylic acids is 1. The Morgan fingerprint density at radius 1 is 1.31 bits per heavy atom. The fourth-order valence-electron chi connectivity index (χ4n) is 0.669. The quantitative estimate of drug-likeness (QED) is 0.545. The Morgan fingerprint density at radius 2 is 1.77 bits per heavy atom. The van der Waals surface area contributed by atoms with Gasteiger partial charge in [-0.1, -0.05) is 33.5 Å². The lowest BCUT2D eigenvalue weighted by Gasteiger charge is -2.10. The molecule has 0 aromatic carbocycles. The molecule has 0 heterocycles.